The molecule has 6 nitrogen and oxygen atoms in total. The average Bonchev–Trinajstić information content (AvgIpc) is 2.70. The molecule has 2 aliphatic carbocycles. The van der Waals surface area contributed by atoms with Crippen molar-refractivity contribution in [1.29, 1.82) is 0 Å². The second-order valence-corrected chi connectivity index (χ2v) is 10.6. The summed E-state index contributed by atoms with van der Waals surface area (Å²) in [5, 5.41) is 9.80. The Balaban J connectivity index is 1.56. The molecule has 2 atom stereocenters. The van der Waals surface area contributed by atoms with Crippen molar-refractivity contribution in [2.75, 3.05) is 0 Å². The summed E-state index contributed by atoms with van der Waals surface area (Å²) in [6.07, 6.45) is 7.61. The van der Waals surface area contributed by atoms with Crippen molar-refractivity contribution in [3.8, 4) is 17.7 Å². The second kappa shape index (κ2) is 9.46. The summed E-state index contributed by atoms with van der Waals surface area (Å²) >= 11 is 0. The number of amides is 1. The van der Waals surface area contributed by atoms with Gasteiger partial charge in [0.15, 0.2) is 0 Å². The van der Waals surface area contributed by atoms with Crippen molar-refractivity contribution in [3.63, 3.8) is 0 Å². The molecule has 2 saturated carbocycles. The van der Waals surface area contributed by atoms with Crippen molar-refractivity contribution in [2.24, 2.45) is 17.3 Å². The fourth-order valence-electron chi connectivity index (χ4n) is 4.53. The Hall–Kier alpha value is -2.29. The van der Waals surface area contributed by atoms with Gasteiger partial charge in [0, 0.05) is 29.0 Å². The van der Waals surface area contributed by atoms with Crippen LogP contribution in [0.25, 0.3) is 0 Å². The Kier molecular flexibility index (Phi) is 7.13. The van der Waals surface area contributed by atoms with Crippen LogP contribution in [0.15, 0.2) is 10.9 Å². The highest BCUT2D eigenvalue weighted by molar-refractivity contribution is 5.79. The summed E-state index contributed by atoms with van der Waals surface area (Å²) in [6.45, 7) is 10.3. The summed E-state index contributed by atoms with van der Waals surface area (Å²) in [6, 6.07) is 1.67. The monoisotopic (exact) mass is 427 g/mol. The van der Waals surface area contributed by atoms with Gasteiger partial charge in [0.2, 0.25) is 11.8 Å². The number of nitrogens with zero attached hydrogens (tertiary/aromatic N) is 1. The molecule has 1 aromatic heterocycles. The fraction of sp³-hybridized carbons (Fsp3) is 0.720. The molecule has 0 aliphatic heterocycles. The van der Waals surface area contributed by atoms with Crippen LogP contribution in [0.4, 0.5) is 0 Å². The lowest BCUT2D eigenvalue weighted by atomic mass is 9.77. The van der Waals surface area contributed by atoms with Crippen LogP contribution < -0.4 is 15.6 Å². The molecule has 0 saturated heterocycles. The number of aromatic amines is 1. The van der Waals surface area contributed by atoms with E-state index in [-0.39, 0.29) is 40.4 Å². The number of rotatable bonds is 4. The van der Waals surface area contributed by atoms with Crippen molar-refractivity contribution >= 4 is 5.91 Å². The molecule has 1 amide bonds. The van der Waals surface area contributed by atoms with Crippen molar-refractivity contribution in [1.82, 2.24) is 15.5 Å². The number of carbonyl (C=O) groups is 1. The predicted molar refractivity (Wildman–Crippen MR) is 122 cm³/mol. The summed E-state index contributed by atoms with van der Waals surface area (Å²) in [7, 11) is 0. The van der Waals surface area contributed by atoms with E-state index < -0.39 is 0 Å². The molecule has 2 unspecified atom stereocenters. The van der Waals surface area contributed by atoms with Gasteiger partial charge in [0.25, 0.3) is 5.56 Å². The van der Waals surface area contributed by atoms with E-state index in [2.05, 4.69) is 55.0 Å². The lowest BCUT2D eigenvalue weighted by Crippen LogP contribution is -2.47. The quantitative estimate of drug-likeness (QED) is 0.708. The zero-order valence-corrected chi connectivity index (χ0v) is 19.6. The third kappa shape index (κ3) is 6.59. The van der Waals surface area contributed by atoms with Gasteiger partial charge in [0.1, 0.15) is 5.60 Å². The molecule has 1 aromatic rings. The minimum atomic E-state index is -0.344. The molecular weight excluding hydrogens is 390 g/mol. The molecule has 0 spiro atoms. The normalized spacial score (nSPS) is 28.9. The number of aromatic nitrogens is 2. The van der Waals surface area contributed by atoms with Crippen LogP contribution in [0, 0.1) is 36.0 Å². The van der Waals surface area contributed by atoms with Gasteiger partial charge in [-0.15, -0.1) is 5.10 Å². The van der Waals surface area contributed by atoms with Gasteiger partial charge in [-0.1, -0.05) is 24.7 Å². The van der Waals surface area contributed by atoms with Gasteiger partial charge in [0.05, 0.1) is 5.92 Å². The highest BCUT2D eigenvalue weighted by Crippen LogP contribution is 2.34. The second-order valence-electron chi connectivity index (χ2n) is 10.6. The first-order valence-electron chi connectivity index (χ1n) is 11.6. The van der Waals surface area contributed by atoms with Crippen LogP contribution in [0.5, 0.6) is 5.88 Å². The fourth-order valence-corrected chi connectivity index (χ4v) is 4.53. The van der Waals surface area contributed by atoms with Crippen LogP contribution >= 0.6 is 0 Å². The van der Waals surface area contributed by atoms with E-state index in [0.717, 1.165) is 56.9 Å². The van der Waals surface area contributed by atoms with Gasteiger partial charge < -0.3 is 10.1 Å². The van der Waals surface area contributed by atoms with Crippen molar-refractivity contribution < 1.29 is 9.53 Å². The lowest BCUT2D eigenvalue weighted by molar-refractivity contribution is -0.128. The first kappa shape index (κ1) is 23.4. The Labute approximate surface area is 185 Å². The van der Waals surface area contributed by atoms with Crippen LogP contribution in [-0.4, -0.2) is 27.7 Å². The molecule has 31 heavy (non-hydrogen) atoms. The SMILES string of the molecule is Cc1cc(=O)[nH]nc1OC1(C)CCC(NC(=O)C2CCCCC2C#CC(C)(C)C)CC1. The minimum Gasteiger partial charge on any atom is -0.470 e. The highest BCUT2D eigenvalue weighted by atomic mass is 16.5. The van der Waals surface area contributed by atoms with E-state index in [4.69, 9.17) is 4.74 Å². The molecule has 2 N–H and O–H groups in total. The van der Waals surface area contributed by atoms with Crippen LogP contribution in [0.3, 0.4) is 0 Å². The van der Waals surface area contributed by atoms with E-state index in [9.17, 15) is 9.59 Å². The zero-order valence-electron chi connectivity index (χ0n) is 19.6. The van der Waals surface area contributed by atoms with Gasteiger partial charge in [-0.2, -0.15) is 0 Å². The number of aryl methyl sites for hydroxylation is 1. The van der Waals surface area contributed by atoms with E-state index in [1.165, 1.54) is 6.07 Å². The summed E-state index contributed by atoms with van der Waals surface area (Å²) in [4.78, 5) is 24.5. The molecule has 170 valence electrons. The molecule has 0 bridgehead atoms. The van der Waals surface area contributed by atoms with Gasteiger partial charge >= 0.3 is 0 Å². The maximum absolute atomic E-state index is 13.1. The molecule has 3 rings (SSSR count). The topological polar surface area (TPSA) is 84.1 Å². The first-order valence-corrected chi connectivity index (χ1v) is 11.6. The molecule has 6 heteroatoms. The predicted octanol–water partition coefficient (Wildman–Crippen LogP) is 4.13. The summed E-state index contributed by atoms with van der Waals surface area (Å²) < 4.78 is 6.17. The Morgan fingerprint density at radius 3 is 2.55 bits per heavy atom. The number of hydrogen-bond donors (Lipinski definition) is 2. The average molecular weight is 428 g/mol. The Morgan fingerprint density at radius 2 is 1.90 bits per heavy atom. The number of ether oxygens (including phenoxy) is 1. The van der Waals surface area contributed by atoms with Crippen LogP contribution in [0.2, 0.25) is 0 Å². The third-order valence-electron chi connectivity index (χ3n) is 6.42. The van der Waals surface area contributed by atoms with E-state index in [1.807, 2.05) is 6.92 Å². The number of nitrogens with one attached hydrogen (secondary N) is 2. The lowest BCUT2D eigenvalue weighted by Gasteiger charge is -2.38. The van der Waals surface area contributed by atoms with Gasteiger partial charge in [-0.3, -0.25) is 9.59 Å². The Morgan fingerprint density at radius 1 is 1.23 bits per heavy atom. The maximum atomic E-state index is 13.1. The van der Waals surface area contributed by atoms with Crippen LogP contribution in [-0.2, 0) is 4.79 Å². The number of hydrogen-bond acceptors (Lipinski definition) is 4. The van der Waals surface area contributed by atoms with E-state index >= 15 is 0 Å². The molecule has 1 heterocycles. The standard InChI is InChI=1S/C25H37N3O3/c1-17-16-21(29)27-28-23(17)31-25(5)14-11-19(12-15-25)26-22(30)20-9-7-6-8-18(20)10-13-24(2,3)4/h16,18-20H,6-9,11-12,14-15H2,1-5H3,(H,26,30)(H,27,29). The van der Waals surface area contributed by atoms with Crippen LogP contribution in [0.1, 0.15) is 84.6 Å². The third-order valence-corrected chi connectivity index (χ3v) is 6.42. The molecule has 0 aromatic carbocycles. The largest absolute Gasteiger partial charge is 0.470 e. The van der Waals surface area contributed by atoms with E-state index in [1.54, 1.807) is 0 Å². The molecule has 0 radical (unpaired) electrons. The molecule has 2 aliphatic rings. The molecule has 2 fully saturated rings. The summed E-state index contributed by atoms with van der Waals surface area (Å²) in [5.74, 6) is 7.58. The number of H-pyrrole nitrogens is 1. The molecular formula is C25H37N3O3. The summed E-state index contributed by atoms with van der Waals surface area (Å²) in [5.41, 5.74) is 0.128. The van der Waals surface area contributed by atoms with Crippen molar-refractivity contribution in [2.45, 2.75) is 97.6 Å². The Bertz CT molecular complexity index is 895. The smallest absolute Gasteiger partial charge is 0.264 e. The maximum Gasteiger partial charge on any atom is 0.264 e. The van der Waals surface area contributed by atoms with Gasteiger partial charge in [-0.25, -0.2) is 5.10 Å². The first-order chi connectivity index (χ1) is 14.5. The minimum absolute atomic E-state index is 0.00107. The number of carbonyl (C=O) groups excluding carboxylic acids is 1. The highest BCUT2D eigenvalue weighted by Gasteiger charge is 2.36. The van der Waals surface area contributed by atoms with Gasteiger partial charge in [-0.05, 0) is 73.1 Å². The zero-order chi connectivity index (χ0) is 22.6. The van der Waals surface area contributed by atoms with Crippen molar-refractivity contribution in [3.05, 3.63) is 22.0 Å². The van der Waals surface area contributed by atoms with E-state index in [0.29, 0.717) is 5.88 Å².